The second-order valence-electron chi connectivity index (χ2n) is 7.50. The van der Waals surface area contributed by atoms with Crippen molar-refractivity contribution in [2.45, 2.75) is 63.1 Å². The Hall–Kier alpha value is -1.40. The largest absolute Gasteiger partial charge is 0.381 e. The fourth-order valence-electron chi connectivity index (χ4n) is 4.54. The number of hydrogen-bond acceptors (Lipinski definition) is 4. The average Bonchev–Trinajstić information content (AvgIpc) is 3.25. The second kappa shape index (κ2) is 6.84. The fraction of sp³-hybridized carbons (Fsp3) is 0.778. The van der Waals surface area contributed by atoms with Gasteiger partial charge >= 0.3 is 0 Å². The summed E-state index contributed by atoms with van der Waals surface area (Å²) >= 11 is 0. The van der Waals surface area contributed by atoms with Crippen molar-refractivity contribution in [3.05, 3.63) is 17.7 Å². The van der Waals surface area contributed by atoms with Crippen LogP contribution in [0.25, 0.3) is 0 Å². The molecule has 1 aromatic heterocycles. The van der Waals surface area contributed by atoms with Gasteiger partial charge in [0.05, 0.1) is 23.6 Å². The zero-order valence-electron chi connectivity index (χ0n) is 14.5. The molecule has 1 saturated heterocycles. The first-order valence-corrected chi connectivity index (χ1v) is 9.34. The maximum atomic E-state index is 13.0. The summed E-state index contributed by atoms with van der Waals surface area (Å²) in [5.41, 5.74) is 2.18. The first kappa shape index (κ1) is 16.1. The normalized spacial score (nSPS) is 26.5. The van der Waals surface area contributed by atoms with Crippen molar-refractivity contribution in [3.63, 3.8) is 0 Å². The lowest BCUT2D eigenvalue weighted by Crippen LogP contribution is -2.48. The van der Waals surface area contributed by atoms with Crippen LogP contribution in [0.5, 0.6) is 0 Å². The number of nitrogens with zero attached hydrogens (tertiary/aromatic N) is 3. The van der Waals surface area contributed by atoms with Crippen molar-refractivity contribution in [1.29, 1.82) is 0 Å². The summed E-state index contributed by atoms with van der Waals surface area (Å²) in [6, 6.07) is 0.878. The number of fused-ring (bicyclic) bond motifs is 1. The van der Waals surface area contributed by atoms with Crippen LogP contribution in [0.15, 0.2) is 6.33 Å². The van der Waals surface area contributed by atoms with E-state index in [0.29, 0.717) is 12.1 Å². The molecule has 0 spiro atoms. The maximum Gasteiger partial charge on any atom is 0.230 e. The van der Waals surface area contributed by atoms with Gasteiger partial charge in [0.25, 0.3) is 0 Å². The van der Waals surface area contributed by atoms with E-state index < -0.39 is 0 Å². The predicted octanol–water partition coefficient (Wildman–Crippen LogP) is 1.56. The van der Waals surface area contributed by atoms with Gasteiger partial charge in [-0.3, -0.25) is 9.69 Å². The lowest BCUT2D eigenvalue weighted by molar-refractivity contribution is -0.124. The quantitative estimate of drug-likeness (QED) is 0.912. The molecular weight excluding hydrogens is 304 g/mol. The number of carbonyl (C=O) groups excluding carboxylic acids is 1. The zero-order chi connectivity index (χ0) is 16.5. The van der Waals surface area contributed by atoms with Crippen LogP contribution in [0.3, 0.4) is 0 Å². The molecule has 0 radical (unpaired) electrons. The third-order valence-corrected chi connectivity index (χ3v) is 5.89. The molecule has 3 heterocycles. The Morgan fingerprint density at radius 1 is 1.25 bits per heavy atom. The molecule has 1 saturated carbocycles. The SMILES string of the molecule is Cn1cnc2c1[C@H](C(=O)NC1CCCC1)CN(C1CCOCC1)C2. The zero-order valence-corrected chi connectivity index (χ0v) is 14.5. The van der Waals surface area contributed by atoms with Gasteiger partial charge in [0.2, 0.25) is 5.91 Å². The molecular formula is C18H28N4O2. The van der Waals surface area contributed by atoms with E-state index in [1.54, 1.807) is 0 Å². The van der Waals surface area contributed by atoms with Crippen LogP contribution in [-0.2, 0) is 23.1 Å². The smallest absolute Gasteiger partial charge is 0.230 e. The van der Waals surface area contributed by atoms with E-state index in [0.717, 1.165) is 63.4 Å². The molecule has 1 amide bonds. The highest BCUT2D eigenvalue weighted by Gasteiger charge is 2.37. The number of imidazole rings is 1. The Morgan fingerprint density at radius 3 is 2.75 bits per heavy atom. The van der Waals surface area contributed by atoms with E-state index in [9.17, 15) is 4.79 Å². The summed E-state index contributed by atoms with van der Waals surface area (Å²) in [5.74, 6) is 0.0770. The van der Waals surface area contributed by atoms with Crippen LogP contribution < -0.4 is 5.32 Å². The van der Waals surface area contributed by atoms with E-state index in [1.807, 2.05) is 17.9 Å². The van der Waals surface area contributed by atoms with Gasteiger partial charge in [0, 0.05) is 45.4 Å². The van der Waals surface area contributed by atoms with Crippen molar-refractivity contribution in [2.24, 2.45) is 7.05 Å². The Balaban J connectivity index is 1.53. The second-order valence-corrected chi connectivity index (χ2v) is 7.50. The van der Waals surface area contributed by atoms with Gasteiger partial charge in [0.1, 0.15) is 0 Å². The van der Waals surface area contributed by atoms with Crippen LogP contribution in [0, 0.1) is 0 Å². The van der Waals surface area contributed by atoms with E-state index in [4.69, 9.17) is 4.74 Å². The first-order chi connectivity index (χ1) is 11.7. The van der Waals surface area contributed by atoms with Crippen LogP contribution in [0.1, 0.15) is 55.8 Å². The van der Waals surface area contributed by atoms with Crippen molar-refractivity contribution in [2.75, 3.05) is 19.8 Å². The third-order valence-electron chi connectivity index (χ3n) is 5.89. The van der Waals surface area contributed by atoms with Crippen molar-refractivity contribution in [3.8, 4) is 0 Å². The van der Waals surface area contributed by atoms with Crippen LogP contribution in [0.2, 0.25) is 0 Å². The molecule has 1 N–H and O–H groups in total. The molecule has 0 unspecified atom stereocenters. The molecule has 0 bridgehead atoms. The lowest BCUT2D eigenvalue weighted by atomic mass is 9.94. The molecule has 0 aromatic carbocycles. The molecule has 1 aromatic rings. The average molecular weight is 332 g/mol. The standard InChI is InChI=1S/C18H28N4O2/c1-21-12-19-16-11-22(14-6-8-24-9-7-14)10-15(17(16)21)18(23)20-13-4-2-3-5-13/h12-15H,2-11H2,1H3,(H,20,23)/t15-/m1/s1. The summed E-state index contributed by atoms with van der Waals surface area (Å²) in [5, 5.41) is 3.30. The Morgan fingerprint density at radius 2 is 2.00 bits per heavy atom. The Kier molecular flexibility index (Phi) is 4.59. The summed E-state index contributed by atoms with van der Waals surface area (Å²) in [6.07, 6.45) is 8.69. The van der Waals surface area contributed by atoms with Crippen LogP contribution in [-0.4, -0.2) is 52.2 Å². The maximum absolute atomic E-state index is 13.0. The van der Waals surface area contributed by atoms with Gasteiger partial charge in [-0.05, 0) is 25.7 Å². The van der Waals surface area contributed by atoms with Crippen molar-refractivity contribution < 1.29 is 9.53 Å². The molecule has 6 heteroatoms. The summed E-state index contributed by atoms with van der Waals surface area (Å²) in [4.78, 5) is 20.0. The number of aromatic nitrogens is 2. The van der Waals surface area contributed by atoms with Gasteiger partial charge in [-0.15, -0.1) is 0 Å². The van der Waals surface area contributed by atoms with Crippen molar-refractivity contribution in [1.82, 2.24) is 19.8 Å². The minimum atomic E-state index is -0.107. The van der Waals surface area contributed by atoms with E-state index >= 15 is 0 Å². The molecule has 132 valence electrons. The van der Waals surface area contributed by atoms with E-state index in [1.165, 1.54) is 12.8 Å². The predicted molar refractivity (Wildman–Crippen MR) is 90.6 cm³/mol. The molecule has 24 heavy (non-hydrogen) atoms. The molecule has 1 atom stereocenters. The van der Waals surface area contributed by atoms with Gasteiger partial charge in [-0.1, -0.05) is 12.8 Å². The number of nitrogens with one attached hydrogen (secondary N) is 1. The summed E-state index contributed by atoms with van der Waals surface area (Å²) in [7, 11) is 2.01. The highest BCUT2D eigenvalue weighted by atomic mass is 16.5. The number of carbonyl (C=O) groups is 1. The van der Waals surface area contributed by atoms with Gasteiger partial charge < -0.3 is 14.6 Å². The Labute approximate surface area is 143 Å². The Bertz CT molecular complexity index is 588. The number of rotatable bonds is 3. The molecule has 3 aliphatic rings. The van der Waals surface area contributed by atoms with Gasteiger partial charge in [0.15, 0.2) is 0 Å². The minimum absolute atomic E-state index is 0.107. The highest BCUT2D eigenvalue weighted by Crippen LogP contribution is 2.31. The summed E-state index contributed by atoms with van der Waals surface area (Å²) in [6.45, 7) is 3.31. The lowest BCUT2D eigenvalue weighted by Gasteiger charge is -2.39. The molecule has 1 aliphatic carbocycles. The van der Waals surface area contributed by atoms with Crippen LogP contribution >= 0.6 is 0 Å². The highest BCUT2D eigenvalue weighted by molar-refractivity contribution is 5.84. The monoisotopic (exact) mass is 332 g/mol. The fourth-order valence-corrected chi connectivity index (χ4v) is 4.54. The van der Waals surface area contributed by atoms with Crippen molar-refractivity contribution >= 4 is 5.91 Å². The first-order valence-electron chi connectivity index (χ1n) is 9.34. The molecule has 6 nitrogen and oxygen atoms in total. The molecule has 2 fully saturated rings. The summed E-state index contributed by atoms with van der Waals surface area (Å²) < 4.78 is 7.54. The number of amides is 1. The van der Waals surface area contributed by atoms with Crippen LogP contribution in [0.4, 0.5) is 0 Å². The van der Waals surface area contributed by atoms with Gasteiger partial charge in [-0.25, -0.2) is 4.98 Å². The number of aryl methyl sites for hydroxylation is 1. The number of ether oxygens (including phenoxy) is 1. The van der Waals surface area contributed by atoms with E-state index in [2.05, 4.69) is 15.2 Å². The van der Waals surface area contributed by atoms with E-state index in [-0.39, 0.29) is 11.8 Å². The molecule has 2 aliphatic heterocycles. The topological polar surface area (TPSA) is 59.4 Å². The number of hydrogen-bond donors (Lipinski definition) is 1. The minimum Gasteiger partial charge on any atom is -0.381 e. The third kappa shape index (κ3) is 3.09. The molecule has 4 rings (SSSR count). The van der Waals surface area contributed by atoms with Gasteiger partial charge in [-0.2, -0.15) is 0 Å².